The molecule has 2 aliphatic heterocycles. The Hall–Kier alpha value is -2.11. The van der Waals surface area contributed by atoms with Gasteiger partial charge in [-0.05, 0) is 68.2 Å². The molecule has 2 aliphatic rings. The molecule has 0 bridgehead atoms. The summed E-state index contributed by atoms with van der Waals surface area (Å²) in [7, 11) is 0. The molecule has 2 aromatic rings. The van der Waals surface area contributed by atoms with Gasteiger partial charge < -0.3 is 9.80 Å². The van der Waals surface area contributed by atoms with Gasteiger partial charge in [0.25, 0.3) is 0 Å². The molecule has 2 heterocycles. The Labute approximate surface area is 183 Å². The molecule has 30 heavy (non-hydrogen) atoms. The molecule has 2 aromatic carbocycles. The summed E-state index contributed by atoms with van der Waals surface area (Å²) >= 11 is 6.17. The first-order chi connectivity index (χ1) is 14.5. The summed E-state index contributed by atoms with van der Waals surface area (Å²) in [6, 6.07) is 12.7. The summed E-state index contributed by atoms with van der Waals surface area (Å²) in [6.45, 7) is 7.96. The molecule has 0 unspecified atom stereocenters. The number of hydrogen-bond donors (Lipinski definition) is 0. The molecule has 0 radical (unpaired) electrons. The van der Waals surface area contributed by atoms with Crippen molar-refractivity contribution in [3.63, 3.8) is 0 Å². The quantitative estimate of drug-likeness (QED) is 0.723. The average Bonchev–Trinajstić information content (AvgIpc) is 2.77. The standard InChI is InChI=1S/C24H29ClFN3O/c1-18-2-5-21(25)16-23(18)28-12-14-29(15-13-28)24(30)20-8-10-27(11-9-20)17-19-3-6-22(26)7-4-19/h2-7,16,20H,8-15,17H2,1H3. The van der Waals surface area contributed by atoms with Gasteiger partial charge in [0.15, 0.2) is 0 Å². The number of hydrogen-bond acceptors (Lipinski definition) is 3. The van der Waals surface area contributed by atoms with Crippen LogP contribution >= 0.6 is 11.6 Å². The van der Waals surface area contributed by atoms with Gasteiger partial charge in [-0.3, -0.25) is 9.69 Å². The topological polar surface area (TPSA) is 26.8 Å². The van der Waals surface area contributed by atoms with E-state index in [1.165, 1.54) is 23.4 Å². The highest BCUT2D eigenvalue weighted by atomic mass is 35.5. The first kappa shape index (κ1) is 21.1. The van der Waals surface area contributed by atoms with E-state index in [1.807, 2.05) is 29.2 Å². The largest absolute Gasteiger partial charge is 0.368 e. The summed E-state index contributed by atoms with van der Waals surface area (Å²) in [5.74, 6) is 0.224. The zero-order valence-electron chi connectivity index (χ0n) is 17.5. The monoisotopic (exact) mass is 429 g/mol. The van der Waals surface area contributed by atoms with Crippen LogP contribution in [-0.4, -0.2) is 55.0 Å². The molecule has 1 amide bonds. The maximum atomic E-state index is 13.1. The van der Waals surface area contributed by atoms with Crippen molar-refractivity contribution in [3.05, 3.63) is 64.4 Å². The van der Waals surface area contributed by atoms with Gasteiger partial charge in [0.05, 0.1) is 0 Å². The van der Waals surface area contributed by atoms with Crippen LogP contribution in [-0.2, 0) is 11.3 Å². The smallest absolute Gasteiger partial charge is 0.225 e. The first-order valence-corrected chi connectivity index (χ1v) is 11.1. The lowest BCUT2D eigenvalue weighted by Crippen LogP contribution is -2.51. The second-order valence-electron chi connectivity index (χ2n) is 8.42. The second-order valence-corrected chi connectivity index (χ2v) is 8.86. The van der Waals surface area contributed by atoms with Crippen molar-refractivity contribution in [3.8, 4) is 0 Å². The zero-order valence-corrected chi connectivity index (χ0v) is 18.2. The van der Waals surface area contributed by atoms with Crippen molar-refractivity contribution in [2.45, 2.75) is 26.3 Å². The first-order valence-electron chi connectivity index (χ1n) is 10.8. The SMILES string of the molecule is Cc1ccc(Cl)cc1N1CCN(C(=O)C2CCN(Cc3ccc(F)cc3)CC2)CC1. The van der Waals surface area contributed by atoms with Crippen molar-refractivity contribution < 1.29 is 9.18 Å². The Balaban J connectivity index is 1.26. The van der Waals surface area contributed by atoms with Gasteiger partial charge >= 0.3 is 0 Å². The van der Waals surface area contributed by atoms with E-state index in [1.54, 1.807) is 0 Å². The predicted octanol–water partition coefficient (Wildman–Crippen LogP) is 4.35. The van der Waals surface area contributed by atoms with E-state index in [0.29, 0.717) is 5.91 Å². The number of nitrogens with zero attached hydrogens (tertiary/aromatic N) is 3. The van der Waals surface area contributed by atoms with Crippen LogP contribution in [0.4, 0.5) is 10.1 Å². The van der Waals surface area contributed by atoms with Crippen LogP contribution in [0.5, 0.6) is 0 Å². The second kappa shape index (κ2) is 9.36. The lowest BCUT2D eigenvalue weighted by atomic mass is 9.94. The normalized spacial score (nSPS) is 18.6. The minimum absolute atomic E-state index is 0.119. The molecule has 0 saturated carbocycles. The van der Waals surface area contributed by atoms with E-state index in [4.69, 9.17) is 11.6 Å². The van der Waals surface area contributed by atoms with E-state index < -0.39 is 0 Å². The fraction of sp³-hybridized carbons (Fsp3) is 0.458. The Morgan fingerprint density at radius 2 is 1.67 bits per heavy atom. The van der Waals surface area contributed by atoms with Crippen LogP contribution in [0.1, 0.15) is 24.0 Å². The molecule has 4 nitrogen and oxygen atoms in total. The van der Waals surface area contributed by atoms with Crippen LogP contribution in [0.15, 0.2) is 42.5 Å². The Morgan fingerprint density at radius 1 is 1.00 bits per heavy atom. The Kier molecular flexibility index (Phi) is 6.59. The molecule has 4 rings (SSSR count). The molecule has 0 spiro atoms. The van der Waals surface area contributed by atoms with Crippen LogP contribution < -0.4 is 4.90 Å². The number of benzene rings is 2. The van der Waals surface area contributed by atoms with E-state index in [2.05, 4.69) is 22.8 Å². The van der Waals surface area contributed by atoms with Crippen molar-refractivity contribution >= 4 is 23.2 Å². The highest BCUT2D eigenvalue weighted by Gasteiger charge is 2.30. The molecule has 6 heteroatoms. The minimum Gasteiger partial charge on any atom is -0.368 e. The van der Waals surface area contributed by atoms with E-state index in [0.717, 1.165) is 69.2 Å². The number of carbonyl (C=O) groups excluding carboxylic acids is 1. The maximum Gasteiger partial charge on any atom is 0.225 e. The molecular formula is C24H29ClFN3O. The molecule has 2 fully saturated rings. The third-order valence-electron chi connectivity index (χ3n) is 6.36. The molecule has 2 saturated heterocycles. The van der Waals surface area contributed by atoms with Crippen LogP contribution in [0.2, 0.25) is 5.02 Å². The maximum absolute atomic E-state index is 13.1. The Morgan fingerprint density at radius 3 is 2.33 bits per heavy atom. The molecule has 0 aliphatic carbocycles. The van der Waals surface area contributed by atoms with Crippen molar-refractivity contribution in [2.24, 2.45) is 5.92 Å². The van der Waals surface area contributed by atoms with Gasteiger partial charge in [-0.15, -0.1) is 0 Å². The highest BCUT2D eigenvalue weighted by Crippen LogP contribution is 2.27. The van der Waals surface area contributed by atoms with Crippen molar-refractivity contribution in [1.82, 2.24) is 9.80 Å². The predicted molar refractivity (Wildman–Crippen MR) is 119 cm³/mol. The number of aryl methyl sites for hydroxylation is 1. The number of likely N-dealkylation sites (tertiary alicyclic amines) is 1. The van der Waals surface area contributed by atoms with Crippen LogP contribution in [0, 0.1) is 18.7 Å². The van der Waals surface area contributed by atoms with Crippen LogP contribution in [0.25, 0.3) is 0 Å². The lowest BCUT2D eigenvalue weighted by molar-refractivity contribution is -0.137. The van der Waals surface area contributed by atoms with Gasteiger partial charge in [0, 0.05) is 49.4 Å². The fourth-order valence-corrected chi connectivity index (χ4v) is 4.70. The summed E-state index contributed by atoms with van der Waals surface area (Å²) in [6.07, 6.45) is 1.79. The van der Waals surface area contributed by atoms with Gasteiger partial charge in [0.1, 0.15) is 5.82 Å². The third-order valence-corrected chi connectivity index (χ3v) is 6.59. The molecule has 0 aromatic heterocycles. The summed E-state index contributed by atoms with van der Waals surface area (Å²) in [4.78, 5) is 19.8. The van der Waals surface area contributed by atoms with E-state index in [-0.39, 0.29) is 11.7 Å². The summed E-state index contributed by atoms with van der Waals surface area (Å²) in [5, 5.41) is 0.751. The number of amides is 1. The van der Waals surface area contributed by atoms with E-state index in [9.17, 15) is 9.18 Å². The highest BCUT2D eigenvalue weighted by molar-refractivity contribution is 6.30. The zero-order chi connectivity index (χ0) is 21.1. The number of carbonyl (C=O) groups is 1. The molecule has 0 N–H and O–H groups in total. The Bertz CT molecular complexity index is 873. The average molecular weight is 430 g/mol. The molecule has 0 atom stereocenters. The van der Waals surface area contributed by atoms with Gasteiger partial charge in [-0.1, -0.05) is 29.8 Å². The molecule has 160 valence electrons. The number of piperidine rings is 1. The van der Waals surface area contributed by atoms with Crippen molar-refractivity contribution in [1.29, 1.82) is 0 Å². The number of rotatable bonds is 4. The van der Waals surface area contributed by atoms with Crippen molar-refractivity contribution in [2.75, 3.05) is 44.2 Å². The molecular weight excluding hydrogens is 401 g/mol. The van der Waals surface area contributed by atoms with Gasteiger partial charge in [-0.2, -0.15) is 0 Å². The minimum atomic E-state index is -0.200. The fourth-order valence-electron chi connectivity index (χ4n) is 4.54. The van der Waals surface area contributed by atoms with Gasteiger partial charge in [0.2, 0.25) is 5.91 Å². The lowest BCUT2D eigenvalue weighted by Gasteiger charge is -2.39. The summed E-state index contributed by atoms with van der Waals surface area (Å²) in [5.41, 5.74) is 3.50. The summed E-state index contributed by atoms with van der Waals surface area (Å²) < 4.78 is 13.1. The number of halogens is 2. The van der Waals surface area contributed by atoms with Gasteiger partial charge in [-0.25, -0.2) is 4.39 Å². The third kappa shape index (κ3) is 4.96. The van der Waals surface area contributed by atoms with E-state index >= 15 is 0 Å². The number of piperazine rings is 1. The van der Waals surface area contributed by atoms with Crippen LogP contribution in [0.3, 0.4) is 0 Å². The number of anilines is 1.